The van der Waals surface area contributed by atoms with Crippen molar-refractivity contribution in [2.45, 2.75) is 13.8 Å². The highest BCUT2D eigenvalue weighted by Crippen LogP contribution is 2.24. The predicted molar refractivity (Wildman–Crippen MR) is 60.8 cm³/mol. The Kier molecular flexibility index (Phi) is 3.49. The number of hydrogen-bond donors (Lipinski definition) is 2. The molecule has 0 spiro atoms. The van der Waals surface area contributed by atoms with E-state index in [2.05, 4.69) is 19.2 Å². The Morgan fingerprint density at radius 1 is 1.53 bits per heavy atom. The molecule has 0 aromatic heterocycles. The number of nitrogens with zero attached hydrogens (tertiary/aromatic N) is 1. The van der Waals surface area contributed by atoms with E-state index < -0.39 is 4.92 Å². The molecule has 0 saturated heterocycles. The van der Waals surface area contributed by atoms with Crippen molar-refractivity contribution in [3.8, 4) is 0 Å². The van der Waals surface area contributed by atoms with Crippen LogP contribution >= 0.6 is 0 Å². The normalized spacial score (nSPS) is 10.3. The summed E-state index contributed by atoms with van der Waals surface area (Å²) in [6.07, 6.45) is 0. The topological polar surface area (TPSA) is 81.2 Å². The number of nitrogen functional groups attached to an aromatic ring is 1. The average molecular weight is 209 g/mol. The van der Waals surface area contributed by atoms with Gasteiger partial charge in [-0.15, -0.1) is 0 Å². The molecule has 15 heavy (non-hydrogen) atoms. The summed E-state index contributed by atoms with van der Waals surface area (Å²) in [5, 5.41) is 13.7. The lowest BCUT2D eigenvalue weighted by molar-refractivity contribution is -0.383. The smallest absolute Gasteiger partial charge is 0.292 e. The van der Waals surface area contributed by atoms with E-state index in [0.29, 0.717) is 5.92 Å². The maximum Gasteiger partial charge on any atom is 0.292 e. The molecule has 0 heterocycles. The van der Waals surface area contributed by atoms with Gasteiger partial charge in [0.15, 0.2) is 0 Å². The lowest BCUT2D eigenvalue weighted by atomic mass is 10.2. The van der Waals surface area contributed by atoms with E-state index in [0.717, 1.165) is 12.2 Å². The molecule has 0 bridgehead atoms. The van der Waals surface area contributed by atoms with Crippen LogP contribution in [0.5, 0.6) is 0 Å². The van der Waals surface area contributed by atoms with Crippen molar-refractivity contribution in [2.24, 2.45) is 5.92 Å². The van der Waals surface area contributed by atoms with Crippen molar-refractivity contribution in [2.75, 3.05) is 17.6 Å². The lowest BCUT2D eigenvalue weighted by Crippen LogP contribution is -2.08. The van der Waals surface area contributed by atoms with Crippen molar-refractivity contribution in [1.82, 2.24) is 0 Å². The Balaban J connectivity index is 2.78. The fourth-order valence-electron chi connectivity index (χ4n) is 1.15. The average Bonchev–Trinajstić information content (AvgIpc) is 2.14. The van der Waals surface area contributed by atoms with Gasteiger partial charge >= 0.3 is 0 Å². The van der Waals surface area contributed by atoms with Gasteiger partial charge in [-0.25, -0.2) is 0 Å². The van der Waals surface area contributed by atoms with E-state index in [1.807, 2.05) is 0 Å². The Hall–Kier alpha value is -1.78. The van der Waals surface area contributed by atoms with Crippen LogP contribution in [-0.4, -0.2) is 11.5 Å². The first-order chi connectivity index (χ1) is 7.00. The van der Waals surface area contributed by atoms with E-state index in [1.165, 1.54) is 6.07 Å². The van der Waals surface area contributed by atoms with Crippen LogP contribution in [0, 0.1) is 16.0 Å². The molecule has 0 aliphatic rings. The molecule has 0 saturated carbocycles. The molecular formula is C10H15N3O2. The van der Waals surface area contributed by atoms with Gasteiger partial charge < -0.3 is 11.1 Å². The molecule has 0 aliphatic carbocycles. The number of nitro benzene ring substituents is 1. The first-order valence-corrected chi connectivity index (χ1v) is 4.78. The molecule has 0 aliphatic heterocycles. The second kappa shape index (κ2) is 4.63. The number of benzene rings is 1. The van der Waals surface area contributed by atoms with Gasteiger partial charge in [-0.1, -0.05) is 13.8 Å². The first-order valence-electron chi connectivity index (χ1n) is 4.78. The van der Waals surface area contributed by atoms with Gasteiger partial charge in [0.05, 0.1) is 4.92 Å². The van der Waals surface area contributed by atoms with Gasteiger partial charge in [-0.05, 0) is 18.1 Å². The molecule has 0 atom stereocenters. The summed E-state index contributed by atoms with van der Waals surface area (Å²) in [6, 6.07) is 4.66. The summed E-state index contributed by atoms with van der Waals surface area (Å²) >= 11 is 0. The van der Waals surface area contributed by atoms with Crippen molar-refractivity contribution < 1.29 is 4.92 Å². The highest BCUT2D eigenvalue weighted by atomic mass is 16.6. The number of nitrogens with two attached hydrogens (primary N) is 1. The van der Waals surface area contributed by atoms with Gasteiger partial charge in [0.25, 0.3) is 5.69 Å². The summed E-state index contributed by atoms with van der Waals surface area (Å²) in [5.74, 6) is 0.515. The van der Waals surface area contributed by atoms with Crippen molar-refractivity contribution in [3.05, 3.63) is 28.3 Å². The molecule has 82 valence electrons. The molecule has 0 radical (unpaired) electrons. The largest absolute Gasteiger partial charge is 0.393 e. The summed E-state index contributed by atoms with van der Waals surface area (Å²) < 4.78 is 0. The zero-order valence-corrected chi connectivity index (χ0v) is 8.86. The number of nitro groups is 1. The van der Waals surface area contributed by atoms with Crippen LogP contribution in [0.25, 0.3) is 0 Å². The minimum atomic E-state index is -0.485. The molecule has 0 unspecified atom stereocenters. The van der Waals surface area contributed by atoms with Crippen molar-refractivity contribution >= 4 is 17.1 Å². The molecule has 5 heteroatoms. The Labute approximate surface area is 88.4 Å². The minimum absolute atomic E-state index is 0.0508. The second-order valence-corrected chi connectivity index (χ2v) is 3.81. The summed E-state index contributed by atoms with van der Waals surface area (Å²) in [5.41, 5.74) is 6.50. The Morgan fingerprint density at radius 2 is 2.20 bits per heavy atom. The molecule has 3 N–H and O–H groups in total. The van der Waals surface area contributed by atoms with Gasteiger partial charge in [0.1, 0.15) is 5.69 Å². The van der Waals surface area contributed by atoms with E-state index in [9.17, 15) is 10.1 Å². The molecule has 0 fully saturated rings. The number of anilines is 2. The molecule has 1 aromatic rings. The van der Waals surface area contributed by atoms with Gasteiger partial charge in [0.2, 0.25) is 0 Å². The Morgan fingerprint density at radius 3 is 2.67 bits per heavy atom. The third-order valence-corrected chi connectivity index (χ3v) is 1.94. The molecule has 1 aromatic carbocycles. The molecule has 1 rings (SSSR count). The Bertz CT molecular complexity index is 364. The first kappa shape index (κ1) is 11.3. The minimum Gasteiger partial charge on any atom is -0.393 e. The summed E-state index contributed by atoms with van der Waals surface area (Å²) in [4.78, 5) is 10.0. The number of hydrogen-bond acceptors (Lipinski definition) is 4. The predicted octanol–water partition coefficient (Wildman–Crippen LogP) is 2.24. The standard InChI is InChI=1S/C10H15N3O2/c1-7(2)6-12-8-3-4-10(13(14)15)9(11)5-8/h3-5,7,12H,6,11H2,1-2H3. The summed E-state index contributed by atoms with van der Waals surface area (Å²) in [6.45, 7) is 4.99. The number of rotatable bonds is 4. The fraction of sp³-hybridized carbons (Fsp3) is 0.400. The van der Waals surface area contributed by atoms with E-state index in [1.54, 1.807) is 12.1 Å². The maximum atomic E-state index is 10.5. The van der Waals surface area contributed by atoms with Gasteiger partial charge in [0, 0.05) is 18.3 Å². The van der Waals surface area contributed by atoms with Crippen molar-refractivity contribution in [3.63, 3.8) is 0 Å². The molecule has 5 nitrogen and oxygen atoms in total. The highest BCUT2D eigenvalue weighted by Gasteiger charge is 2.10. The third kappa shape index (κ3) is 3.12. The van der Waals surface area contributed by atoms with Crippen LogP contribution in [0.3, 0.4) is 0 Å². The van der Waals surface area contributed by atoms with Crippen LogP contribution < -0.4 is 11.1 Å². The molecule has 0 amide bonds. The lowest BCUT2D eigenvalue weighted by Gasteiger charge is -2.09. The van der Waals surface area contributed by atoms with Gasteiger partial charge in [-0.2, -0.15) is 0 Å². The fourth-order valence-corrected chi connectivity index (χ4v) is 1.15. The van der Waals surface area contributed by atoms with E-state index >= 15 is 0 Å². The molecular weight excluding hydrogens is 194 g/mol. The van der Waals surface area contributed by atoms with E-state index in [4.69, 9.17) is 5.73 Å². The van der Waals surface area contributed by atoms with Crippen LogP contribution in [-0.2, 0) is 0 Å². The SMILES string of the molecule is CC(C)CNc1ccc([N+](=O)[O-])c(N)c1. The van der Waals surface area contributed by atoms with Crippen LogP contribution in [0.4, 0.5) is 17.1 Å². The zero-order valence-electron chi connectivity index (χ0n) is 8.86. The van der Waals surface area contributed by atoms with Crippen molar-refractivity contribution in [1.29, 1.82) is 0 Å². The van der Waals surface area contributed by atoms with Crippen LogP contribution in [0.1, 0.15) is 13.8 Å². The second-order valence-electron chi connectivity index (χ2n) is 3.81. The maximum absolute atomic E-state index is 10.5. The zero-order chi connectivity index (χ0) is 11.4. The summed E-state index contributed by atoms with van der Waals surface area (Å²) in [7, 11) is 0. The van der Waals surface area contributed by atoms with Crippen LogP contribution in [0.15, 0.2) is 18.2 Å². The third-order valence-electron chi connectivity index (χ3n) is 1.94. The van der Waals surface area contributed by atoms with E-state index in [-0.39, 0.29) is 11.4 Å². The monoisotopic (exact) mass is 209 g/mol. The highest BCUT2D eigenvalue weighted by molar-refractivity contribution is 5.65. The van der Waals surface area contributed by atoms with Crippen LogP contribution in [0.2, 0.25) is 0 Å². The quantitative estimate of drug-likeness (QED) is 0.452. The van der Waals surface area contributed by atoms with Gasteiger partial charge in [-0.3, -0.25) is 10.1 Å². The number of nitrogens with one attached hydrogen (secondary N) is 1.